The van der Waals surface area contributed by atoms with Gasteiger partial charge in [0, 0.05) is 43.6 Å². The molecule has 45 heavy (non-hydrogen) atoms. The largest absolute Gasteiger partial charge is 0.488 e. The lowest BCUT2D eigenvalue weighted by Crippen LogP contribution is -2.53. The van der Waals surface area contributed by atoms with E-state index in [-0.39, 0.29) is 18.2 Å². The number of aromatic amines is 1. The van der Waals surface area contributed by atoms with Gasteiger partial charge in [-0.15, -0.1) is 0 Å². The summed E-state index contributed by atoms with van der Waals surface area (Å²) in [7, 11) is 0. The van der Waals surface area contributed by atoms with E-state index in [4.69, 9.17) is 14.2 Å². The smallest absolute Gasteiger partial charge is 0.416 e. The van der Waals surface area contributed by atoms with Crippen molar-refractivity contribution >= 4 is 23.5 Å². The molecule has 1 aromatic carbocycles. The zero-order valence-corrected chi connectivity index (χ0v) is 24.1. The summed E-state index contributed by atoms with van der Waals surface area (Å²) in [5, 5.41) is 12.9. The van der Waals surface area contributed by atoms with E-state index < -0.39 is 36.2 Å². The van der Waals surface area contributed by atoms with Gasteiger partial charge >= 0.3 is 12.3 Å². The number of H-pyrrole nitrogens is 1. The molecule has 12 nitrogen and oxygen atoms in total. The Morgan fingerprint density at radius 1 is 1.20 bits per heavy atom. The van der Waals surface area contributed by atoms with Crippen LogP contribution in [0.4, 0.5) is 34.1 Å². The van der Waals surface area contributed by atoms with Crippen LogP contribution < -0.4 is 15.4 Å². The maximum absolute atomic E-state index is 15.1. The predicted molar refractivity (Wildman–Crippen MR) is 151 cm³/mol. The lowest BCUT2D eigenvalue weighted by molar-refractivity contribution is -0.137. The number of nitrogens with one attached hydrogen (secondary N) is 3. The second-order valence-electron chi connectivity index (χ2n) is 11.8. The molecule has 3 N–H and O–H groups in total. The molecule has 3 aromatic heterocycles. The first-order valence-electron chi connectivity index (χ1n) is 14.5. The molecule has 7 rings (SSSR count). The van der Waals surface area contributed by atoms with Crippen molar-refractivity contribution in [2.45, 2.75) is 62.5 Å². The fourth-order valence-corrected chi connectivity index (χ4v) is 5.33. The van der Waals surface area contributed by atoms with E-state index in [0.717, 1.165) is 30.7 Å². The van der Waals surface area contributed by atoms with Crippen molar-refractivity contribution in [3.05, 3.63) is 65.7 Å². The SMILES string of the molecule is CC1(NC(=O)O[C@H]2CO[C@@H](c3cc(Nc4nccc5nc(CN6CC(Oc7ccc(C(F)(F)F)cc7)C6)cn45)n[nH]3)[C@@H]2F)CC1. The molecule has 1 saturated carbocycles. The Hall–Kier alpha value is -4.44. The van der Waals surface area contributed by atoms with Crippen molar-refractivity contribution in [3.8, 4) is 5.75 Å². The molecule has 0 radical (unpaired) electrons. The van der Waals surface area contributed by atoms with E-state index in [9.17, 15) is 18.0 Å². The number of hydrogen-bond acceptors (Lipinski definition) is 9. The summed E-state index contributed by atoms with van der Waals surface area (Å²) < 4.78 is 71.9. The number of likely N-dealkylation sites (tertiary alicyclic amines) is 1. The summed E-state index contributed by atoms with van der Waals surface area (Å²) in [5.74, 6) is 1.21. The van der Waals surface area contributed by atoms with Gasteiger partial charge < -0.3 is 24.8 Å². The fraction of sp³-hybridized carbons (Fsp3) is 0.448. The summed E-state index contributed by atoms with van der Waals surface area (Å²) in [5.41, 5.74) is 0.833. The highest BCUT2D eigenvalue weighted by Crippen LogP contribution is 2.36. The Labute approximate surface area is 254 Å². The summed E-state index contributed by atoms with van der Waals surface area (Å²) in [6.07, 6.45) is -3.58. The minimum Gasteiger partial charge on any atom is -0.488 e. The number of carbonyl (C=O) groups excluding carboxylic acids is 1. The van der Waals surface area contributed by atoms with E-state index in [1.807, 2.05) is 13.1 Å². The summed E-state index contributed by atoms with van der Waals surface area (Å²) in [6, 6.07) is 8.05. The highest BCUT2D eigenvalue weighted by molar-refractivity contribution is 5.69. The maximum atomic E-state index is 15.1. The summed E-state index contributed by atoms with van der Waals surface area (Å²) in [6.45, 7) is 3.57. The van der Waals surface area contributed by atoms with Crippen LogP contribution in [0.25, 0.3) is 5.65 Å². The van der Waals surface area contributed by atoms with Crippen LogP contribution in [-0.2, 0) is 22.2 Å². The number of nitrogens with zero attached hydrogens (tertiary/aromatic N) is 5. The van der Waals surface area contributed by atoms with E-state index in [0.29, 0.717) is 48.5 Å². The molecule has 16 heteroatoms. The Kier molecular flexibility index (Phi) is 7.27. The molecule has 238 valence electrons. The topological polar surface area (TPSA) is 131 Å². The van der Waals surface area contributed by atoms with Crippen LogP contribution in [0, 0.1) is 0 Å². The van der Waals surface area contributed by atoms with Crippen molar-refractivity contribution < 1.29 is 36.6 Å². The van der Waals surface area contributed by atoms with Crippen LogP contribution in [0.1, 0.15) is 42.8 Å². The molecule has 3 aliphatic rings. The third kappa shape index (κ3) is 6.38. The Morgan fingerprint density at radius 2 is 1.98 bits per heavy atom. The predicted octanol–water partition coefficient (Wildman–Crippen LogP) is 4.53. The van der Waals surface area contributed by atoms with Gasteiger partial charge in [0.05, 0.1) is 23.6 Å². The highest BCUT2D eigenvalue weighted by atomic mass is 19.4. The molecule has 3 fully saturated rings. The number of imidazole rings is 1. The molecule has 1 amide bonds. The summed E-state index contributed by atoms with van der Waals surface area (Å²) in [4.78, 5) is 23.3. The van der Waals surface area contributed by atoms with Crippen molar-refractivity contribution in [3.63, 3.8) is 0 Å². The number of ether oxygens (including phenoxy) is 3. The number of alkyl carbamates (subject to hydrolysis) is 1. The van der Waals surface area contributed by atoms with Gasteiger partial charge in [0.15, 0.2) is 18.1 Å². The van der Waals surface area contributed by atoms with Gasteiger partial charge in [-0.25, -0.2) is 19.2 Å². The number of aromatic nitrogens is 5. The maximum Gasteiger partial charge on any atom is 0.416 e. The van der Waals surface area contributed by atoms with Crippen molar-refractivity contribution in [2.24, 2.45) is 0 Å². The van der Waals surface area contributed by atoms with Gasteiger partial charge in [-0.1, -0.05) is 0 Å². The number of hydrogen-bond donors (Lipinski definition) is 3. The fourth-order valence-electron chi connectivity index (χ4n) is 5.33. The van der Waals surface area contributed by atoms with Gasteiger partial charge in [-0.05, 0) is 50.1 Å². The normalized spacial score (nSPS) is 23.1. The first-order chi connectivity index (χ1) is 21.5. The number of alkyl halides is 4. The van der Waals surface area contributed by atoms with Crippen molar-refractivity contribution in [2.75, 3.05) is 25.0 Å². The Balaban J connectivity index is 0.931. The molecular weight excluding hydrogens is 600 g/mol. The van der Waals surface area contributed by atoms with E-state index in [2.05, 4.69) is 35.7 Å². The number of benzene rings is 1. The third-order valence-corrected chi connectivity index (χ3v) is 8.12. The lowest BCUT2D eigenvalue weighted by Gasteiger charge is -2.38. The molecule has 1 aliphatic carbocycles. The third-order valence-electron chi connectivity index (χ3n) is 8.12. The number of amides is 1. The molecule has 2 aliphatic heterocycles. The van der Waals surface area contributed by atoms with Gasteiger partial charge in [-0.2, -0.15) is 18.3 Å². The van der Waals surface area contributed by atoms with Crippen LogP contribution in [0.15, 0.2) is 48.8 Å². The Morgan fingerprint density at radius 3 is 2.71 bits per heavy atom. The quantitative estimate of drug-likeness (QED) is 0.228. The van der Waals surface area contributed by atoms with Crippen LogP contribution >= 0.6 is 0 Å². The number of halogens is 4. The van der Waals surface area contributed by atoms with Crippen LogP contribution in [-0.4, -0.2) is 79.2 Å². The second-order valence-corrected chi connectivity index (χ2v) is 11.8. The molecule has 3 atom stereocenters. The number of rotatable bonds is 9. The van der Waals surface area contributed by atoms with Crippen molar-refractivity contribution in [1.29, 1.82) is 0 Å². The van der Waals surface area contributed by atoms with Gasteiger partial charge in [-0.3, -0.25) is 14.4 Å². The van der Waals surface area contributed by atoms with E-state index in [1.165, 1.54) is 12.1 Å². The van der Waals surface area contributed by atoms with Crippen LogP contribution in [0.5, 0.6) is 5.75 Å². The minimum absolute atomic E-state index is 0.0740. The number of anilines is 2. The molecule has 2 saturated heterocycles. The van der Waals surface area contributed by atoms with Gasteiger partial charge in [0.1, 0.15) is 23.6 Å². The first kappa shape index (κ1) is 29.3. The minimum atomic E-state index is -4.38. The number of fused-ring (bicyclic) bond motifs is 1. The van der Waals surface area contributed by atoms with E-state index in [1.54, 1.807) is 22.7 Å². The monoisotopic (exact) mass is 630 g/mol. The molecule has 4 aromatic rings. The molecule has 0 bridgehead atoms. The van der Waals surface area contributed by atoms with E-state index >= 15 is 4.39 Å². The molecule has 0 unspecified atom stereocenters. The second kappa shape index (κ2) is 11.2. The first-order valence-corrected chi connectivity index (χ1v) is 14.5. The zero-order valence-electron chi connectivity index (χ0n) is 24.1. The van der Waals surface area contributed by atoms with Crippen molar-refractivity contribution in [1.82, 2.24) is 34.8 Å². The van der Waals surface area contributed by atoms with Gasteiger partial charge in [0.2, 0.25) is 5.95 Å². The average Bonchev–Trinajstić information content (AvgIpc) is 3.30. The highest BCUT2D eigenvalue weighted by Gasteiger charge is 2.44. The lowest BCUT2D eigenvalue weighted by atomic mass is 10.1. The number of carbonyl (C=O) groups is 1. The Bertz CT molecular complexity index is 1680. The standard InChI is InChI=1S/C29H30F4N8O4/c1-28(7-8-28)37-27(42)45-21-15-43-25(24(21)30)20-10-22(39-38-20)36-26-34-9-6-23-35-17(12-41(23)26)11-40-13-19(14-40)44-18-4-2-16(3-5-18)29(31,32)33/h2-6,9-10,12,19,21,24-25H,7-8,11,13-15H2,1H3,(H,37,42)(H2,34,36,38,39)/t21-,24+,25-/m0/s1. The molecule has 5 heterocycles. The summed E-state index contributed by atoms with van der Waals surface area (Å²) >= 11 is 0. The average molecular weight is 631 g/mol. The zero-order chi connectivity index (χ0) is 31.3. The van der Waals surface area contributed by atoms with Crippen LogP contribution in [0.3, 0.4) is 0 Å². The molecular formula is C29H30F4N8O4. The van der Waals surface area contributed by atoms with Crippen LogP contribution in [0.2, 0.25) is 0 Å². The molecule has 0 spiro atoms. The van der Waals surface area contributed by atoms with Gasteiger partial charge in [0.25, 0.3) is 0 Å².